The number of fused-ring (bicyclic) bond motifs is 1. The van der Waals surface area contributed by atoms with Crippen molar-refractivity contribution in [2.75, 3.05) is 6.61 Å². The van der Waals surface area contributed by atoms with Gasteiger partial charge < -0.3 is 14.2 Å². The summed E-state index contributed by atoms with van der Waals surface area (Å²) in [5, 5.41) is 4.61. The number of nitrogens with zero attached hydrogens (tertiary/aromatic N) is 2. The van der Waals surface area contributed by atoms with Crippen LogP contribution < -0.4 is 0 Å². The molecule has 0 unspecified atom stereocenters. The molecule has 0 saturated carbocycles. The van der Waals surface area contributed by atoms with Gasteiger partial charge in [0, 0.05) is 18.2 Å². The largest absolute Gasteiger partial charge is 0.461 e. The summed E-state index contributed by atoms with van der Waals surface area (Å²) in [6, 6.07) is 0. The van der Waals surface area contributed by atoms with Crippen molar-refractivity contribution in [3.05, 3.63) is 42.6 Å². The quantitative estimate of drug-likeness (QED) is 0.616. The Labute approximate surface area is 135 Å². The van der Waals surface area contributed by atoms with E-state index in [2.05, 4.69) is 11.7 Å². The molecule has 0 N–H and O–H groups in total. The van der Waals surface area contributed by atoms with Crippen molar-refractivity contribution < 1.29 is 19.0 Å². The van der Waals surface area contributed by atoms with Crippen LogP contribution >= 0.6 is 0 Å². The monoisotopic (exact) mass is 318 g/mol. The maximum Gasteiger partial charge on any atom is 0.313 e. The highest BCUT2D eigenvalue weighted by atomic mass is 16.7. The van der Waals surface area contributed by atoms with Crippen molar-refractivity contribution in [3.63, 3.8) is 0 Å². The fourth-order valence-corrected chi connectivity index (χ4v) is 2.96. The Bertz CT molecular complexity index is 637. The van der Waals surface area contributed by atoms with E-state index in [1.807, 2.05) is 24.7 Å². The fraction of sp³-hybridized carbons (Fsp3) is 0.529. The van der Waals surface area contributed by atoms with Crippen molar-refractivity contribution in [1.82, 2.24) is 9.78 Å². The number of carbonyl (C=O) groups is 1. The average Bonchev–Trinajstić information content (AvgIpc) is 3.11. The van der Waals surface area contributed by atoms with Crippen LogP contribution in [0.15, 0.2) is 31.4 Å². The summed E-state index contributed by atoms with van der Waals surface area (Å²) in [5.74, 6) is -0.826. The first-order chi connectivity index (χ1) is 10.9. The van der Waals surface area contributed by atoms with Gasteiger partial charge in [0.25, 0.3) is 5.79 Å². The van der Waals surface area contributed by atoms with Crippen LogP contribution in [0.4, 0.5) is 0 Å². The number of aryl methyl sites for hydroxylation is 1. The summed E-state index contributed by atoms with van der Waals surface area (Å²) in [6.45, 7) is 7.95. The van der Waals surface area contributed by atoms with Crippen LogP contribution in [0.1, 0.15) is 31.5 Å². The van der Waals surface area contributed by atoms with E-state index < -0.39 is 11.2 Å². The summed E-state index contributed by atoms with van der Waals surface area (Å²) in [5.41, 5.74) is 1.50. The first-order valence-corrected chi connectivity index (χ1v) is 7.78. The third-order valence-corrected chi connectivity index (χ3v) is 4.19. The lowest BCUT2D eigenvalue weighted by atomic mass is 9.92. The maximum absolute atomic E-state index is 12.1. The van der Waals surface area contributed by atoms with E-state index in [-0.39, 0.29) is 12.6 Å². The van der Waals surface area contributed by atoms with Crippen LogP contribution in [0.3, 0.4) is 0 Å². The molecule has 1 aliphatic heterocycles. The minimum atomic E-state index is -0.656. The second-order valence-electron chi connectivity index (χ2n) is 6.66. The lowest BCUT2D eigenvalue weighted by Crippen LogP contribution is -2.36. The van der Waals surface area contributed by atoms with Gasteiger partial charge in [-0.25, -0.2) is 0 Å². The molecule has 1 aromatic rings. The van der Waals surface area contributed by atoms with Crippen molar-refractivity contribution in [1.29, 1.82) is 0 Å². The first-order valence-electron chi connectivity index (χ1n) is 7.78. The van der Waals surface area contributed by atoms with Crippen LogP contribution in [-0.4, -0.2) is 28.1 Å². The van der Waals surface area contributed by atoms with Crippen molar-refractivity contribution in [2.45, 2.75) is 45.4 Å². The fourth-order valence-electron chi connectivity index (χ4n) is 2.96. The molecule has 6 heteroatoms. The van der Waals surface area contributed by atoms with Crippen LogP contribution in [0.2, 0.25) is 0 Å². The molecule has 23 heavy (non-hydrogen) atoms. The highest BCUT2D eigenvalue weighted by Gasteiger charge is 2.41. The zero-order valence-electron chi connectivity index (χ0n) is 13.6. The summed E-state index contributed by atoms with van der Waals surface area (Å²) in [4.78, 5) is 12.1. The number of hydrogen-bond donors (Lipinski definition) is 0. The second kappa shape index (κ2) is 5.76. The molecule has 1 aliphatic carbocycles. The van der Waals surface area contributed by atoms with Crippen molar-refractivity contribution in [3.8, 4) is 0 Å². The highest BCUT2D eigenvalue weighted by Crippen LogP contribution is 2.35. The van der Waals surface area contributed by atoms with Gasteiger partial charge in [0.05, 0.1) is 24.1 Å². The molecule has 0 bridgehead atoms. The Balaban J connectivity index is 1.70. The van der Waals surface area contributed by atoms with Gasteiger partial charge in [-0.1, -0.05) is 12.7 Å². The Morgan fingerprint density at radius 3 is 2.96 bits per heavy atom. The molecule has 0 fully saturated rings. The van der Waals surface area contributed by atoms with Gasteiger partial charge in [0.1, 0.15) is 19.1 Å². The minimum absolute atomic E-state index is 0.224. The Morgan fingerprint density at radius 1 is 1.52 bits per heavy atom. The highest BCUT2D eigenvalue weighted by molar-refractivity contribution is 5.75. The normalized spacial score (nSPS) is 18.2. The predicted octanol–water partition coefficient (Wildman–Crippen LogP) is 2.34. The molecule has 1 aromatic heterocycles. The van der Waals surface area contributed by atoms with Crippen LogP contribution in [0, 0.1) is 5.41 Å². The molecule has 3 rings (SSSR count). The van der Waals surface area contributed by atoms with Gasteiger partial charge >= 0.3 is 5.97 Å². The van der Waals surface area contributed by atoms with E-state index >= 15 is 0 Å². The number of rotatable bonds is 5. The molecule has 0 atom stereocenters. The molecular formula is C17H22N2O4. The van der Waals surface area contributed by atoms with E-state index in [1.54, 1.807) is 18.6 Å². The minimum Gasteiger partial charge on any atom is -0.461 e. The molecule has 0 radical (unpaired) electrons. The second-order valence-corrected chi connectivity index (χ2v) is 6.66. The van der Waals surface area contributed by atoms with E-state index in [1.165, 1.54) is 0 Å². The smallest absolute Gasteiger partial charge is 0.313 e. The molecule has 6 nitrogen and oxygen atoms in total. The zero-order chi connectivity index (χ0) is 16.5. The van der Waals surface area contributed by atoms with E-state index in [9.17, 15) is 4.79 Å². The third kappa shape index (κ3) is 3.11. The molecule has 2 aliphatic rings. The lowest BCUT2D eigenvalue weighted by Gasteiger charge is -2.30. The zero-order valence-corrected chi connectivity index (χ0v) is 13.6. The van der Waals surface area contributed by atoms with Gasteiger partial charge in [-0.15, -0.1) is 0 Å². The Kier molecular flexibility index (Phi) is 3.92. The predicted molar refractivity (Wildman–Crippen MR) is 83.2 cm³/mol. The lowest BCUT2D eigenvalue weighted by molar-refractivity contribution is -0.153. The number of hydrogen-bond acceptors (Lipinski definition) is 5. The Morgan fingerprint density at radius 2 is 2.26 bits per heavy atom. The number of carbonyl (C=O) groups excluding carboxylic acids is 1. The van der Waals surface area contributed by atoms with E-state index in [4.69, 9.17) is 14.2 Å². The standard InChI is InChI=1S/C17H22N2O4/c1-4-7-21-15(20)16(2,3)12-19-11-13-10-17(22-8-9-23-17)6-5-14(13)18-19/h4,8-9,11H,1,5-7,10,12H2,2-3H3. The molecule has 1 spiro atoms. The topological polar surface area (TPSA) is 62.6 Å². The molecule has 0 aromatic carbocycles. The van der Waals surface area contributed by atoms with Crippen LogP contribution in [0.25, 0.3) is 0 Å². The average molecular weight is 318 g/mol. The number of aromatic nitrogens is 2. The van der Waals surface area contributed by atoms with Gasteiger partial charge in [0.2, 0.25) is 0 Å². The van der Waals surface area contributed by atoms with Crippen LogP contribution in [0.5, 0.6) is 0 Å². The van der Waals surface area contributed by atoms with Crippen molar-refractivity contribution >= 4 is 5.97 Å². The first kappa shape index (κ1) is 15.6. The molecular weight excluding hydrogens is 296 g/mol. The molecule has 2 heterocycles. The van der Waals surface area contributed by atoms with E-state index in [0.717, 1.165) is 24.1 Å². The number of ether oxygens (including phenoxy) is 3. The van der Waals surface area contributed by atoms with Gasteiger partial charge in [0.15, 0.2) is 0 Å². The SMILES string of the molecule is C=CCOC(=O)C(C)(C)Cn1cc2c(n1)CCC1(C2)OC=CO1. The van der Waals surface area contributed by atoms with Gasteiger partial charge in [-0.3, -0.25) is 9.48 Å². The van der Waals surface area contributed by atoms with E-state index in [0.29, 0.717) is 13.0 Å². The molecule has 124 valence electrons. The van der Waals surface area contributed by atoms with Gasteiger partial charge in [-0.05, 0) is 20.3 Å². The third-order valence-electron chi connectivity index (χ3n) is 4.19. The summed E-state index contributed by atoms with van der Waals surface area (Å²) in [6.07, 6.45) is 8.96. The van der Waals surface area contributed by atoms with Crippen LogP contribution in [-0.2, 0) is 38.4 Å². The molecule has 0 saturated heterocycles. The summed E-state index contributed by atoms with van der Waals surface area (Å²) in [7, 11) is 0. The summed E-state index contributed by atoms with van der Waals surface area (Å²) < 4.78 is 18.2. The Hall–Kier alpha value is -2.24. The van der Waals surface area contributed by atoms with Gasteiger partial charge in [-0.2, -0.15) is 5.10 Å². The molecule has 0 amide bonds. The van der Waals surface area contributed by atoms with Crippen molar-refractivity contribution in [2.24, 2.45) is 5.41 Å². The summed E-state index contributed by atoms with van der Waals surface area (Å²) >= 11 is 0. The number of esters is 1. The maximum atomic E-state index is 12.1.